The number of amides is 1. The van der Waals surface area contributed by atoms with E-state index in [-0.39, 0.29) is 30.5 Å². The number of hydrogen-bond donors (Lipinski definition) is 2. The fraction of sp³-hybridized carbons (Fsp3) is 0.526. The van der Waals surface area contributed by atoms with Crippen LogP contribution in [0.15, 0.2) is 30.3 Å². The predicted octanol–water partition coefficient (Wildman–Crippen LogP) is 1.90. The van der Waals surface area contributed by atoms with Gasteiger partial charge in [-0.15, -0.1) is 0 Å². The minimum absolute atomic E-state index is 0.0415. The van der Waals surface area contributed by atoms with Crippen molar-refractivity contribution < 1.29 is 9.90 Å². The lowest BCUT2D eigenvalue weighted by atomic mass is 9.74. The second-order valence-corrected chi connectivity index (χ2v) is 6.87. The minimum Gasteiger partial charge on any atom is -0.394 e. The molecule has 2 N–H and O–H groups in total. The van der Waals surface area contributed by atoms with E-state index in [2.05, 4.69) is 35.7 Å². The van der Waals surface area contributed by atoms with Crippen LogP contribution in [0.1, 0.15) is 42.7 Å². The maximum absolute atomic E-state index is 12.0. The zero-order valence-corrected chi connectivity index (χ0v) is 13.4. The van der Waals surface area contributed by atoms with Gasteiger partial charge in [-0.05, 0) is 42.4 Å². The van der Waals surface area contributed by atoms with E-state index in [4.69, 9.17) is 0 Å². The molecule has 2 fully saturated rings. The second-order valence-electron chi connectivity index (χ2n) is 6.87. The molecule has 3 atom stereocenters. The van der Waals surface area contributed by atoms with Crippen LogP contribution < -0.4 is 5.32 Å². The number of nitrogens with zero attached hydrogens (tertiary/aromatic N) is 1. The average molecular weight is 312 g/mol. The number of rotatable bonds is 3. The number of benzene rings is 1. The first-order chi connectivity index (χ1) is 11.3. The molecule has 1 aliphatic carbocycles. The first-order valence-corrected chi connectivity index (χ1v) is 8.71. The number of allylic oxidation sites excluding steroid dienone is 2. The normalized spacial score (nSPS) is 30.5. The Morgan fingerprint density at radius 1 is 1.22 bits per heavy atom. The van der Waals surface area contributed by atoms with Gasteiger partial charge in [0.2, 0.25) is 5.91 Å². The van der Waals surface area contributed by atoms with E-state index < -0.39 is 0 Å². The molecule has 1 amide bonds. The zero-order chi connectivity index (χ0) is 15.8. The molecule has 0 bridgehead atoms. The molecule has 3 aliphatic rings. The number of piperazine rings is 1. The maximum Gasteiger partial charge on any atom is 0.237 e. The highest BCUT2D eigenvalue weighted by Crippen LogP contribution is 2.41. The van der Waals surface area contributed by atoms with Crippen molar-refractivity contribution in [1.82, 2.24) is 10.2 Å². The molecular formula is C19H24N2O2. The molecule has 2 saturated heterocycles. The van der Waals surface area contributed by atoms with Crippen LogP contribution in [-0.2, 0) is 4.79 Å². The summed E-state index contributed by atoms with van der Waals surface area (Å²) in [5.41, 5.74) is 4.02. The van der Waals surface area contributed by atoms with Crippen LogP contribution in [0.4, 0.5) is 0 Å². The lowest BCUT2D eigenvalue weighted by molar-refractivity contribution is -0.153. The summed E-state index contributed by atoms with van der Waals surface area (Å²) >= 11 is 0. The molecule has 0 saturated carbocycles. The van der Waals surface area contributed by atoms with Gasteiger partial charge in [0.15, 0.2) is 0 Å². The average Bonchev–Trinajstić information content (AvgIpc) is 2.58. The van der Waals surface area contributed by atoms with E-state index in [1.165, 1.54) is 42.4 Å². The standard InChI is InChI=1S/C19H24N2O2/c22-12-17-19(16-10-20-11-18(23)21(16)17)15-8-6-14(7-9-15)13-4-2-1-3-5-13/h4,6-9,16-17,19-20,22H,1-3,5,10-12H2/t16-,17-,19-/m0/s1. The molecule has 4 nitrogen and oxygen atoms in total. The smallest absolute Gasteiger partial charge is 0.237 e. The molecular weight excluding hydrogens is 288 g/mol. The molecule has 2 heterocycles. The van der Waals surface area contributed by atoms with Crippen molar-refractivity contribution >= 4 is 11.5 Å². The monoisotopic (exact) mass is 312 g/mol. The van der Waals surface area contributed by atoms with Gasteiger partial charge in [-0.25, -0.2) is 0 Å². The molecule has 4 rings (SSSR count). The summed E-state index contributed by atoms with van der Waals surface area (Å²) in [6.45, 7) is 1.26. The van der Waals surface area contributed by atoms with Crippen LogP contribution in [0.25, 0.3) is 5.57 Å². The molecule has 122 valence electrons. The number of carbonyl (C=O) groups excluding carboxylic acids is 1. The van der Waals surface area contributed by atoms with Crippen molar-refractivity contribution in [3.63, 3.8) is 0 Å². The molecule has 0 spiro atoms. The molecule has 0 unspecified atom stereocenters. The highest BCUT2D eigenvalue weighted by atomic mass is 16.3. The Balaban J connectivity index is 1.56. The first kappa shape index (κ1) is 14.9. The second kappa shape index (κ2) is 6.10. The zero-order valence-electron chi connectivity index (χ0n) is 13.4. The molecule has 23 heavy (non-hydrogen) atoms. The van der Waals surface area contributed by atoms with E-state index >= 15 is 0 Å². The van der Waals surface area contributed by atoms with E-state index in [1.807, 2.05) is 4.90 Å². The Hall–Kier alpha value is -1.65. The Labute approximate surface area is 137 Å². The van der Waals surface area contributed by atoms with Gasteiger partial charge in [0.25, 0.3) is 0 Å². The van der Waals surface area contributed by atoms with Crippen LogP contribution in [0, 0.1) is 0 Å². The van der Waals surface area contributed by atoms with Gasteiger partial charge in [0, 0.05) is 12.5 Å². The molecule has 0 aromatic heterocycles. The number of fused-ring (bicyclic) bond motifs is 1. The summed E-state index contributed by atoms with van der Waals surface area (Å²) in [6.07, 6.45) is 7.33. The quantitative estimate of drug-likeness (QED) is 0.896. The Kier molecular flexibility index (Phi) is 3.95. The van der Waals surface area contributed by atoms with Gasteiger partial charge in [0.05, 0.1) is 25.2 Å². The van der Waals surface area contributed by atoms with Crippen molar-refractivity contribution in [3.8, 4) is 0 Å². The largest absolute Gasteiger partial charge is 0.394 e. The van der Waals surface area contributed by atoms with Crippen LogP contribution in [0.5, 0.6) is 0 Å². The highest BCUT2D eigenvalue weighted by Gasteiger charge is 2.52. The van der Waals surface area contributed by atoms with Gasteiger partial charge in [0.1, 0.15) is 0 Å². The van der Waals surface area contributed by atoms with E-state index in [0.717, 1.165) is 6.54 Å². The Morgan fingerprint density at radius 3 is 2.74 bits per heavy atom. The minimum atomic E-state index is -0.0608. The number of nitrogens with one attached hydrogen (secondary N) is 1. The Morgan fingerprint density at radius 2 is 2.04 bits per heavy atom. The van der Waals surface area contributed by atoms with Gasteiger partial charge < -0.3 is 15.3 Å². The lowest BCUT2D eigenvalue weighted by Gasteiger charge is -2.57. The van der Waals surface area contributed by atoms with Gasteiger partial charge in [-0.3, -0.25) is 4.79 Å². The summed E-state index contributed by atoms with van der Waals surface area (Å²) in [6, 6.07) is 8.93. The third kappa shape index (κ3) is 2.50. The fourth-order valence-corrected chi connectivity index (χ4v) is 4.43. The summed E-state index contributed by atoms with van der Waals surface area (Å²) in [4.78, 5) is 13.9. The molecule has 1 aromatic rings. The third-order valence-corrected chi connectivity index (χ3v) is 5.61. The fourth-order valence-electron chi connectivity index (χ4n) is 4.43. The molecule has 1 aromatic carbocycles. The molecule has 4 heteroatoms. The van der Waals surface area contributed by atoms with Crippen LogP contribution >= 0.6 is 0 Å². The van der Waals surface area contributed by atoms with Crippen molar-refractivity contribution in [3.05, 3.63) is 41.5 Å². The van der Waals surface area contributed by atoms with Crippen molar-refractivity contribution in [2.45, 2.75) is 43.7 Å². The molecule has 0 radical (unpaired) electrons. The lowest BCUT2D eigenvalue weighted by Crippen LogP contribution is -2.72. The van der Waals surface area contributed by atoms with Crippen LogP contribution in [0.2, 0.25) is 0 Å². The Bertz CT molecular complexity index is 617. The third-order valence-electron chi connectivity index (χ3n) is 5.61. The van der Waals surface area contributed by atoms with Crippen molar-refractivity contribution in [1.29, 1.82) is 0 Å². The number of carbonyl (C=O) groups is 1. The van der Waals surface area contributed by atoms with Crippen molar-refractivity contribution in [2.75, 3.05) is 19.7 Å². The maximum atomic E-state index is 12.0. The van der Waals surface area contributed by atoms with Gasteiger partial charge >= 0.3 is 0 Å². The highest BCUT2D eigenvalue weighted by molar-refractivity contribution is 5.81. The summed E-state index contributed by atoms with van der Waals surface area (Å²) < 4.78 is 0. The summed E-state index contributed by atoms with van der Waals surface area (Å²) in [5.74, 6) is 0.353. The van der Waals surface area contributed by atoms with E-state index in [0.29, 0.717) is 6.54 Å². The van der Waals surface area contributed by atoms with E-state index in [9.17, 15) is 9.90 Å². The molecule has 2 aliphatic heterocycles. The summed E-state index contributed by atoms with van der Waals surface area (Å²) in [5, 5.41) is 12.9. The van der Waals surface area contributed by atoms with E-state index in [1.54, 1.807) is 0 Å². The predicted molar refractivity (Wildman–Crippen MR) is 90.0 cm³/mol. The number of hydrogen-bond acceptors (Lipinski definition) is 3. The van der Waals surface area contributed by atoms with Gasteiger partial charge in [-0.2, -0.15) is 0 Å². The SMILES string of the molecule is O=C1CNC[C@H]2[C@H](c3ccc(C4=CCCCC4)cc3)[C@H](CO)N12. The first-order valence-electron chi connectivity index (χ1n) is 8.71. The number of aliphatic hydroxyl groups excluding tert-OH is 1. The van der Waals surface area contributed by atoms with Crippen LogP contribution in [-0.4, -0.2) is 47.7 Å². The van der Waals surface area contributed by atoms with Crippen molar-refractivity contribution in [2.24, 2.45) is 0 Å². The topological polar surface area (TPSA) is 52.6 Å². The number of aliphatic hydroxyl groups is 1. The van der Waals surface area contributed by atoms with Gasteiger partial charge in [-0.1, -0.05) is 30.3 Å². The van der Waals surface area contributed by atoms with Crippen LogP contribution in [0.3, 0.4) is 0 Å². The summed E-state index contributed by atoms with van der Waals surface area (Å²) in [7, 11) is 0.